The molecule has 3 nitrogen and oxygen atoms in total. The van der Waals surface area contributed by atoms with Crippen molar-refractivity contribution in [3.63, 3.8) is 0 Å². The first-order valence-electron chi connectivity index (χ1n) is 4.05. The van der Waals surface area contributed by atoms with Crippen molar-refractivity contribution in [2.75, 3.05) is 0 Å². The maximum Gasteiger partial charge on any atom is 0.300 e. The highest BCUT2D eigenvalue weighted by atomic mass is 16.4. The van der Waals surface area contributed by atoms with E-state index in [0.29, 0.717) is 11.7 Å². The molecular formula is C9H18O3. The molecule has 3 heteroatoms. The van der Waals surface area contributed by atoms with Gasteiger partial charge in [-0.2, -0.15) is 0 Å². The van der Waals surface area contributed by atoms with Gasteiger partial charge < -0.3 is 9.90 Å². The first kappa shape index (κ1) is 13.7. The highest BCUT2D eigenvalue weighted by Crippen LogP contribution is 2.02. The van der Waals surface area contributed by atoms with E-state index in [0.717, 1.165) is 19.8 Å². The number of hydrogen-bond donors (Lipinski definition) is 1. The first-order valence-corrected chi connectivity index (χ1v) is 4.05. The van der Waals surface area contributed by atoms with Gasteiger partial charge in [-0.05, 0) is 19.3 Å². The van der Waals surface area contributed by atoms with Crippen molar-refractivity contribution in [1.82, 2.24) is 0 Å². The fourth-order valence-electron chi connectivity index (χ4n) is 0.492. The smallest absolute Gasteiger partial charge is 0.300 e. The van der Waals surface area contributed by atoms with Crippen LogP contribution in [0.15, 0.2) is 0 Å². The highest BCUT2D eigenvalue weighted by Gasteiger charge is 1.95. The molecule has 0 aromatic rings. The Morgan fingerprint density at radius 2 is 1.58 bits per heavy atom. The van der Waals surface area contributed by atoms with Crippen LogP contribution in [0.5, 0.6) is 0 Å². The van der Waals surface area contributed by atoms with Crippen LogP contribution in [-0.4, -0.2) is 16.9 Å². The van der Waals surface area contributed by atoms with E-state index in [1.54, 1.807) is 6.92 Å². The lowest BCUT2D eigenvalue weighted by atomic mass is 10.1. The number of carboxylic acids is 1. The predicted molar refractivity (Wildman–Crippen MR) is 48.1 cm³/mol. The summed E-state index contributed by atoms with van der Waals surface area (Å²) in [6.07, 6.45) is 1.78. The van der Waals surface area contributed by atoms with Crippen molar-refractivity contribution in [1.29, 1.82) is 0 Å². The largest absolute Gasteiger partial charge is 0.481 e. The van der Waals surface area contributed by atoms with Crippen LogP contribution in [0.4, 0.5) is 0 Å². The number of carbonyl (C=O) groups excluding carboxylic acids is 1. The van der Waals surface area contributed by atoms with Crippen LogP contribution >= 0.6 is 0 Å². The summed E-state index contributed by atoms with van der Waals surface area (Å²) < 4.78 is 0. The normalized spacial score (nSPS) is 8.75. The van der Waals surface area contributed by atoms with Crippen LogP contribution in [0.1, 0.15) is 40.5 Å². The molecule has 0 saturated heterocycles. The predicted octanol–water partition coefficient (Wildman–Crippen LogP) is 2.10. The molecule has 0 aromatic carbocycles. The van der Waals surface area contributed by atoms with E-state index in [-0.39, 0.29) is 0 Å². The van der Waals surface area contributed by atoms with E-state index >= 15 is 0 Å². The van der Waals surface area contributed by atoms with Crippen molar-refractivity contribution in [3.8, 4) is 0 Å². The zero-order chi connectivity index (χ0) is 10.1. The minimum atomic E-state index is -0.833. The quantitative estimate of drug-likeness (QED) is 0.712. The van der Waals surface area contributed by atoms with E-state index in [9.17, 15) is 4.79 Å². The van der Waals surface area contributed by atoms with E-state index in [4.69, 9.17) is 9.90 Å². The standard InChI is InChI=1S/C7H14O.C2H4O2/c1-6(2)4-5-7(3)8;1-2(3)4/h6H,4-5H2,1-3H3;1H3,(H,3,4). The number of aliphatic carboxylic acids is 1. The van der Waals surface area contributed by atoms with Gasteiger partial charge in [0, 0.05) is 13.3 Å². The Hall–Kier alpha value is -0.860. The van der Waals surface area contributed by atoms with Gasteiger partial charge in [0.1, 0.15) is 5.78 Å². The molecule has 1 N–H and O–H groups in total. The number of rotatable bonds is 3. The number of Topliss-reactive ketones (excluding diaryl/α,β-unsaturated/α-hetero) is 1. The molecule has 0 aliphatic heterocycles. The number of ketones is 1. The third kappa shape index (κ3) is 35.3. The van der Waals surface area contributed by atoms with Crippen molar-refractivity contribution >= 4 is 11.8 Å². The summed E-state index contributed by atoms with van der Waals surface area (Å²) in [7, 11) is 0. The third-order valence-electron chi connectivity index (χ3n) is 1.07. The zero-order valence-corrected chi connectivity index (χ0v) is 8.26. The summed E-state index contributed by atoms with van der Waals surface area (Å²) >= 11 is 0. The minimum absolute atomic E-state index is 0.304. The lowest BCUT2D eigenvalue weighted by Crippen LogP contribution is -1.93. The Balaban J connectivity index is 0. The summed E-state index contributed by atoms with van der Waals surface area (Å²) in [6.45, 7) is 6.98. The topological polar surface area (TPSA) is 54.4 Å². The molecule has 0 amide bonds. The van der Waals surface area contributed by atoms with Gasteiger partial charge in [0.2, 0.25) is 0 Å². The zero-order valence-electron chi connectivity index (χ0n) is 8.26. The molecule has 0 aromatic heterocycles. The Labute approximate surface area is 73.8 Å². The molecule has 0 aliphatic rings. The van der Waals surface area contributed by atoms with Crippen molar-refractivity contribution in [3.05, 3.63) is 0 Å². The van der Waals surface area contributed by atoms with Gasteiger partial charge in [-0.1, -0.05) is 13.8 Å². The van der Waals surface area contributed by atoms with Crippen LogP contribution in [0.25, 0.3) is 0 Å². The van der Waals surface area contributed by atoms with Crippen LogP contribution < -0.4 is 0 Å². The van der Waals surface area contributed by atoms with E-state index in [2.05, 4.69) is 13.8 Å². The Bertz CT molecular complexity index is 135. The molecule has 0 unspecified atom stereocenters. The molecule has 72 valence electrons. The number of carbonyl (C=O) groups is 2. The lowest BCUT2D eigenvalue weighted by Gasteiger charge is -1.98. The maximum atomic E-state index is 10.3. The van der Waals surface area contributed by atoms with Crippen molar-refractivity contribution in [2.45, 2.75) is 40.5 Å². The monoisotopic (exact) mass is 174 g/mol. The average Bonchev–Trinajstić information content (AvgIpc) is 1.82. The molecule has 0 saturated carbocycles. The SMILES string of the molecule is CC(=O)CCC(C)C.CC(=O)O. The second-order valence-electron chi connectivity index (χ2n) is 3.15. The van der Waals surface area contributed by atoms with Gasteiger partial charge in [0.25, 0.3) is 5.97 Å². The third-order valence-corrected chi connectivity index (χ3v) is 1.07. The molecule has 0 radical (unpaired) electrons. The van der Waals surface area contributed by atoms with Gasteiger partial charge >= 0.3 is 0 Å². The fourth-order valence-corrected chi connectivity index (χ4v) is 0.492. The first-order chi connectivity index (χ1) is 5.36. The molecule has 0 heterocycles. The molecule has 12 heavy (non-hydrogen) atoms. The number of carboxylic acid groups (broad SMARTS) is 1. The van der Waals surface area contributed by atoms with E-state index in [1.807, 2.05) is 0 Å². The lowest BCUT2D eigenvalue weighted by molar-refractivity contribution is -0.134. The summed E-state index contributed by atoms with van der Waals surface area (Å²) in [5.41, 5.74) is 0. The van der Waals surface area contributed by atoms with Crippen molar-refractivity contribution < 1.29 is 14.7 Å². The highest BCUT2D eigenvalue weighted by molar-refractivity contribution is 5.75. The second-order valence-corrected chi connectivity index (χ2v) is 3.15. The van der Waals surface area contributed by atoms with Crippen LogP contribution in [0, 0.1) is 5.92 Å². The fraction of sp³-hybridized carbons (Fsp3) is 0.778. The summed E-state index contributed by atoms with van der Waals surface area (Å²) in [4.78, 5) is 19.3. The molecule has 0 atom stereocenters. The van der Waals surface area contributed by atoms with Gasteiger partial charge in [0.15, 0.2) is 0 Å². The molecule has 0 spiro atoms. The van der Waals surface area contributed by atoms with Crippen LogP contribution in [-0.2, 0) is 9.59 Å². The Morgan fingerprint density at radius 3 is 1.67 bits per heavy atom. The van der Waals surface area contributed by atoms with Gasteiger partial charge in [-0.25, -0.2) is 0 Å². The molecular weight excluding hydrogens is 156 g/mol. The summed E-state index contributed by atoms with van der Waals surface area (Å²) in [6, 6.07) is 0. The summed E-state index contributed by atoms with van der Waals surface area (Å²) in [5.74, 6) is 0.137. The summed E-state index contributed by atoms with van der Waals surface area (Å²) in [5, 5.41) is 7.42. The van der Waals surface area contributed by atoms with Crippen LogP contribution in [0.2, 0.25) is 0 Å². The van der Waals surface area contributed by atoms with E-state index in [1.165, 1.54) is 0 Å². The minimum Gasteiger partial charge on any atom is -0.481 e. The van der Waals surface area contributed by atoms with Gasteiger partial charge in [0.05, 0.1) is 0 Å². The number of hydrogen-bond acceptors (Lipinski definition) is 2. The molecule has 0 bridgehead atoms. The van der Waals surface area contributed by atoms with E-state index < -0.39 is 5.97 Å². The Morgan fingerprint density at radius 1 is 1.25 bits per heavy atom. The average molecular weight is 174 g/mol. The van der Waals surface area contributed by atoms with Crippen molar-refractivity contribution in [2.24, 2.45) is 5.92 Å². The molecule has 0 fully saturated rings. The Kier molecular flexibility index (Phi) is 9.41. The molecule has 0 aliphatic carbocycles. The maximum absolute atomic E-state index is 10.3. The second kappa shape index (κ2) is 8.24. The molecule has 0 rings (SSSR count). The van der Waals surface area contributed by atoms with Gasteiger partial charge in [-0.3, -0.25) is 4.79 Å². The van der Waals surface area contributed by atoms with Crippen LogP contribution in [0.3, 0.4) is 0 Å². The van der Waals surface area contributed by atoms with Gasteiger partial charge in [-0.15, -0.1) is 0 Å².